The lowest BCUT2D eigenvalue weighted by Gasteiger charge is -2.25. The summed E-state index contributed by atoms with van der Waals surface area (Å²) in [5, 5.41) is 0. The first-order valence-electron chi connectivity index (χ1n) is 9.58. The van der Waals surface area contributed by atoms with E-state index in [4.69, 9.17) is 13.6 Å². The van der Waals surface area contributed by atoms with Gasteiger partial charge in [-0.05, 0) is 69.4 Å². The van der Waals surface area contributed by atoms with Crippen LogP contribution >= 0.6 is 7.82 Å². The Balaban J connectivity index is 1.62. The summed E-state index contributed by atoms with van der Waals surface area (Å²) in [6, 6.07) is 7.47. The van der Waals surface area contributed by atoms with E-state index in [9.17, 15) is 4.57 Å². The number of rotatable bonds is 8. The average Bonchev–Trinajstić information content (AvgIpc) is 2.69. The number of hydrogen-bond acceptors (Lipinski definition) is 4. The highest BCUT2D eigenvalue weighted by Gasteiger charge is 2.31. The van der Waals surface area contributed by atoms with Gasteiger partial charge in [0, 0.05) is 0 Å². The molecule has 0 aromatic heterocycles. The van der Waals surface area contributed by atoms with Crippen LogP contribution in [0.1, 0.15) is 44.1 Å². The second-order valence-corrected chi connectivity index (χ2v) is 8.84. The van der Waals surface area contributed by atoms with Gasteiger partial charge < -0.3 is 4.52 Å². The normalized spacial score (nSPS) is 25.0. The second kappa shape index (κ2) is 9.55. The second-order valence-electron chi connectivity index (χ2n) is 7.24. The highest BCUT2D eigenvalue weighted by atomic mass is 31.2. The number of phosphoric acid groups is 1. The molecular weight excluding hydrogens is 347 g/mol. The summed E-state index contributed by atoms with van der Waals surface area (Å²) < 4.78 is 30.5. The van der Waals surface area contributed by atoms with Gasteiger partial charge in [0.15, 0.2) is 0 Å². The van der Waals surface area contributed by atoms with Gasteiger partial charge in [-0.1, -0.05) is 42.0 Å². The zero-order valence-electron chi connectivity index (χ0n) is 15.5. The van der Waals surface area contributed by atoms with Gasteiger partial charge >= 0.3 is 7.82 Å². The van der Waals surface area contributed by atoms with E-state index in [0.29, 0.717) is 30.8 Å². The number of aryl methyl sites for hydroxylation is 1. The molecule has 2 aliphatic carbocycles. The standard InChI is InChI=1S/C21H29O4P/c1-18-12-14-21(15-13-18)25-26(22,23-16-19-8-4-2-5-9-19)24-17-20-10-6-3-7-11-20/h2-4,6,12-15,19-20H,5,7-11,16-17H2,1H3. The van der Waals surface area contributed by atoms with Gasteiger partial charge in [0.1, 0.15) is 5.75 Å². The van der Waals surface area contributed by atoms with E-state index in [1.54, 1.807) is 12.1 Å². The minimum atomic E-state index is -3.64. The fourth-order valence-electron chi connectivity index (χ4n) is 3.23. The van der Waals surface area contributed by atoms with Crippen LogP contribution in [-0.4, -0.2) is 13.2 Å². The zero-order valence-corrected chi connectivity index (χ0v) is 16.4. The Kier molecular flexibility index (Phi) is 7.13. The van der Waals surface area contributed by atoms with E-state index in [1.807, 2.05) is 19.1 Å². The third-order valence-corrected chi connectivity index (χ3v) is 6.30. The number of benzene rings is 1. The van der Waals surface area contributed by atoms with Crippen LogP contribution in [0.15, 0.2) is 48.6 Å². The van der Waals surface area contributed by atoms with Crippen molar-refractivity contribution < 1.29 is 18.1 Å². The lowest BCUT2D eigenvalue weighted by molar-refractivity contribution is 0.117. The Morgan fingerprint density at radius 3 is 1.88 bits per heavy atom. The molecule has 0 heterocycles. The van der Waals surface area contributed by atoms with Crippen LogP contribution in [-0.2, 0) is 13.6 Å². The minimum Gasteiger partial charge on any atom is -0.404 e. The van der Waals surface area contributed by atoms with Gasteiger partial charge in [0.05, 0.1) is 13.2 Å². The third kappa shape index (κ3) is 6.12. The molecular formula is C21H29O4P. The number of allylic oxidation sites excluding steroid dienone is 4. The maximum atomic E-state index is 13.3. The minimum absolute atomic E-state index is 0.371. The van der Waals surface area contributed by atoms with Crippen LogP contribution in [0, 0.1) is 18.8 Å². The van der Waals surface area contributed by atoms with Crippen LogP contribution in [0.25, 0.3) is 0 Å². The number of phosphoric ester groups is 1. The highest BCUT2D eigenvalue weighted by Crippen LogP contribution is 2.51. The zero-order chi connectivity index (χ0) is 18.2. The van der Waals surface area contributed by atoms with Gasteiger partial charge in [-0.25, -0.2) is 4.57 Å². The van der Waals surface area contributed by atoms with Crippen molar-refractivity contribution in [3.8, 4) is 5.75 Å². The Morgan fingerprint density at radius 2 is 1.42 bits per heavy atom. The lowest BCUT2D eigenvalue weighted by Crippen LogP contribution is -2.16. The SMILES string of the molecule is Cc1ccc(OP(=O)(OCC2CC=CCC2)OCC2CC=CCC2)cc1. The van der Waals surface area contributed by atoms with Gasteiger partial charge in [-0.15, -0.1) is 0 Å². The molecule has 0 aliphatic heterocycles. The van der Waals surface area contributed by atoms with Crippen LogP contribution < -0.4 is 4.52 Å². The van der Waals surface area contributed by atoms with Crippen molar-refractivity contribution in [2.45, 2.75) is 45.4 Å². The van der Waals surface area contributed by atoms with Crippen molar-refractivity contribution in [1.29, 1.82) is 0 Å². The van der Waals surface area contributed by atoms with Gasteiger partial charge in [-0.3, -0.25) is 9.05 Å². The largest absolute Gasteiger partial charge is 0.530 e. The van der Waals surface area contributed by atoms with Crippen molar-refractivity contribution in [2.75, 3.05) is 13.2 Å². The van der Waals surface area contributed by atoms with E-state index in [0.717, 1.165) is 44.1 Å². The Bertz CT molecular complexity index is 633. The summed E-state index contributed by atoms with van der Waals surface area (Å²) in [6.07, 6.45) is 14.8. The molecule has 2 atom stereocenters. The maximum absolute atomic E-state index is 13.3. The molecule has 5 heteroatoms. The molecule has 1 aromatic carbocycles. The van der Waals surface area contributed by atoms with E-state index in [2.05, 4.69) is 24.3 Å². The molecule has 142 valence electrons. The van der Waals surface area contributed by atoms with Crippen LogP contribution in [0.5, 0.6) is 5.75 Å². The Hall–Kier alpha value is -1.35. The maximum Gasteiger partial charge on any atom is 0.530 e. The summed E-state index contributed by atoms with van der Waals surface area (Å²) >= 11 is 0. The van der Waals surface area contributed by atoms with Crippen molar-refractivity contribution in [2.24, 2.45) is 11.8 Å². The monoisotopic (exact) mass is 376 g/mol. The molecule has 0 saturated carbocycles. The van der Waals surface area contributed by atoms with Crippen LogP contribution in [0.2, 0.25) is 0 Å². The predicted molar refractivity (Wildman–Crippen MR) is 104 cm³/mol. The first-order chi connectivity index (χ1) is 12.6. The van der Waals surface area contributed by atoms with E-state index in [1.165, 1.54) is 0 Å². The molecule has 0 radical (unpaired) electrons. The molecule has 0 fully saturated rings. The van der Waals surface area contributed by atoms with Gasteiger partial charge in [-0.2, -0.15) is 0 Å². The Morgan fingerprint density at radius 1 is 0.885 bits per heavy atom. The predicted octanol–water partition coefficient (Wildman–Crippen LogP) is 6.23. The smallest absolute Gasteiger partial charge is 0.404 e. The molecule has 2 aliphatic rings. The molecule has 2 unspecified atom stereocenters. The Labute approximate surface area is 156 Å². The molecule has 26 heavy (non-hydrogen) atoms. The molecule has 0 spiro atoms. The molecule has 0 amide bonds. The quantitative estimate of drug-likeness (QED) is 0.399. The summed E-state index contributed by atoms with van der Waals surface area (Å²) in [5.41, 5.74) is 1.12. The molecule has 3 rings (SSSR count). The van der Waals surface area contributed by atoms with Crippen LogP contribution in [0.3, 0.4) is 0 Å². The van der Waals surface area contributed by atoms with Gasteiger partial charge in [0.25, 0.3) is 0 Å². The topological polar surface area (TPSA) is 44.8 Å². The van der Waals surface area contributed by atoms with E-state index >= 15 is 0 Å². The summed E-state index contributed by atoms with van der Waals surface area (Å²) in [5.74, 6) is 1.26. The van der Waals surface area contributed by atoms with E-state index < -0.39 is 7.82 Å². The average molecular weight is 376 g/mol. The third-order valence-electron chi connectivity index (χ3n) is 4.93. The first kappa shape index (κ1) is 19.4. The first-order valence-corrected chi connectivity index (χ1v) is 11.0. The fraction of sp³-hybridized carbons (Fsp3) is 0.524. The van der Waals surface area contributed by atoms with Crippen molar-refractivity contribution >= 4 is 7.82 Å². The summed E-state index contributed by atoms with van der Waals surface area (Å²) in [6.45, 7) is 2.81. The summed E-state index contributed by atoms with van der Waals surface area (Å²) in [4.78, 5) is 0. The number of hydrogen-bond donors (Lipinski definition) is 0. The molecule has 0 saturated heterocycles. The summed E-state index contributed by atoms with van der Waals surface area (Å²) in [7, 11) is -3.64. The highest BCUT2D eigenvalue weighted by molar-refractivity contribution is 7.48. The van der Waals surface area contributed by atoms with Crippen molar-refractivity contribution in [3.05, 3.63) is 54.1 Å². The molecule has 0 N–H and O–H groups in total. The van der Waals surface area contributed by atoms with Crippen LogP contribution in [0.4, 0.5) is 0 Å². The van der Waals surface area contributed by atoms with Crippen molar-refractivity contribution in [1.82, 2.24) is 0 Å². The van der Waals surface area contributed by atoms with Crippen molar-refractivity contribution in [3.63, 3.8) is 0 Å². The molecule has 1 aromatic rings. The van der Waals surface area contributed by atoms with E-state index in [-0.39, 0.29) is 0 Å². The van der Waals surface area contributed by atoms with Gasteiger partial charge in [0.2, 0.25) is 0 Å². The fourth-order valence-corrected chi connectivity index (χ4v) is 4.57. The molecule has 4 nitrogen and oxygen atoms in total. The lowest BCUT2D eigenvalue weighted by atomic mass is 9.96. The molecule has 0 bridgehead atoms.